The number of fused-ring (bicyclic) bond motifs is 2. The summed E-state index contributed by atoms with van der Waals surface area (Å²) in [6, 6.07) is 21.6. The van der Waals surface area contributed by atoms with Gasteiger partial charge in [0.1, 0.15) is 22.8 Å². The number of unbranched alkanes of at least 4 members (excludes halogenated alkanes) is 4. The van der Waals surface area contributed by atoms with Gasteiger partial charge in [-0.2, -0.15) is 9.97 Å². The molecule has 0 aliphatic heterocycles. The molecule has 0 amide bonds. The quantitative estimate of drug-likeness (QED) is 0.0921. The summed E-state index contributed by atoms with van der Waals surface area (Å²) in [4.78, 5) is 14.2. The molecule has 0 bridgehead atoms. The molecule has 44 heavy (non-hydrogen) atoms. The van der Waals surface area contributed by atoms with Crippen molar-refractivity contribution in [2.24, 2.45) is 5.92 Å². The molecule has 2 N–H and O–H groups in total. The van der Waals surface area contributed by atoms with Gasteiger partial charge in [0, 0.05) is 17.7 Å². The van der Waals surface area contributed by atoms with Crippen molar-refractivity contribution in [3.63, 3.8) is 0 Å². The predicted octanol–water partition coefficient (Wildman–Crippen LogP) is 9.48. The smallest absolute Gasteiger partial charge is 0.320 e. The molecule has 0 saturated heterocycles. The maximum atomic E-state index is 11.2. The number of nitrogens with zero attached hydrogens (tertiary/aromatic N) is 3. The van der Waals surface area contributed by atoms with Crippen LogP contribution < -0.4 is 9.47 Å². The van der Waals surface area contributed by atoms with Crippen molar-refractivity contribution in [1.82, 2.24) is 15.0 Å². The number of rotatable bonds is 15. The SMILES string of the molecule is CCCCCCOc1nc(-c2c(O)cc(OCC(CC)CCCC)cc2O)nc(-c2c3ccccc3cc3ccccc23)n1. The van der Waals surface area contributed by atoms with E-state index < -0.39 is 0 Å². The Morgan fingerprint density at radius 1 is 0.659 bits per heavy atom. The molecule has 1 aromatic heterocycles. The third-order valence-corrected chi connectivity index (χ3v) is 8.16. The van der Waals surface area contributed by atoms with E-state index >= 15 is 0 Å². The number of benzene rings is 4. The van der Waals surface area contributed by atoms with Crippen LogP contribution in [0.4, 0.5) is 0 Å². The Hall–Kier alpha value is -4.39. The van der Waals surface area contributed by atoms with Gasteiger partial charge in [-0.25, -0.2) is 4.98 Å². The van der Waals surface area contributed by atoms with Gasteiger partial charge in [-0.15, -0.1) is 0 Å². The molecule has 0 spiro atoms. The fourth-order valence-corrected chi connectivity index (χ4v) is 5.60. The van der Waals surface area contributed by atoms with Crippen molar-refractivity contribution in [3.8, 4) is 46.0 Å². The van der Waals surface area contributed by atoms with E-state index in [9.17, 15) is 10.2 Å². The molecule has 7 heteroatoms. The van der Waals surface area contributed by atoms with E-state index in [4.69, 9.17) is 19.4 Å². The van der Waals surface area contributed by atoms with Crippen molar-refractivity contribution in [3.05, 3.63) is 66.7 Å². The molecule has 0 fully saturated rings. The minimum atomic E-state index is -0.171. The largest absolute Gasteiger partial charge is 0.507 e. The van der Waals surface area contributed by atoms with Crippen LogP contribution in [0.2, 0.25) is 0 Å². The van der Waals surface area contributed by atoms with Gasteiger partial charge in [-0.05, 0) is 46.4 Å². The number of hydrogen-bond acceptors (Lipinski definition) is 7. The fraction of sp³-hybridized carbons (Fsp3) is 0.378. The highest BCUT2D eigenvalue weighted by molar-refractivity contribution is 6.11. The molecule has 230 valence electrons. The number of phenols is 2. The van der Waals surface area contributed by atoms with Crippen molar-refractivity contribution in [2.75, 3.05) is 13.2 Å². The Balaban J connectivity index is 1.57. The molecule has 0 aliphatic carbocycles. The van der Waals surface area contributed by atoms with Gasteiger partial charge in [-0.3, -0.25) is 0 Å². The molecule has 5 rings (SSSR count). The fourth-order valence-electron chi connectivity index (χ4n) is 5.60. The van der Waals surface area contributed by atoms with Gasteiger partial charge in [-0.1, -0.05) is 108 Å². The number of aromatic hydroxyl groups is 2. The average Bonchev–Trinajstić information content (AvgIpc) is 3.03. The number of aromatic nitrogens is 3. The van der Waals surface area contributed by atoms with Gasteiger partial charge in [0.05, 0.1) is 13.2 Å². The molecular formula is C37H43N3O4. The standard InChI is InChI=1S/C37H43N3O4/c1-4-7-9-14-20-43-37-39-35(33-29-18-12-10-16-26(29)21-27-17-11-13-19-30(27)33)38-36(40-37)34-31(41)22-28(23-32(34)42)44-24-25(6-3)15-8-5-2/h10-13,16-19,21-23,25,41-42H,4-9,14-15,20,24H2,1-3H3. The minimum Gasteiger partial charge on any atom is -0.507 e. The molecule has 5 aromatic rings. The zero-order valence-corrected chi connectivity index (χ0v) is 26.1. The number of phenolic OH excluding ortho intramolecular Hbond substituents is 2. The second-order valence-electron chi connectivity index (χ2n) is 11.4. The number of hydrogen-bond donors (Lipinski definition) is 2. The van der Waals surface area contributed by atoms with Crippen molar-refractivity contribution < 1.29 is 19.7 Å². The minimum absolute atomic E-state index is 0.111. The monoisotopic (exact) mass is 593 g/mol. The molecule has 4 aromatic carbocycles. The van der Waals surface area contributed by atoms with Gasteiger partial charge < -0.3 is 19.7 Å². The highest BCUT2D eigenvalue weighted by Gasteiger charge is 2.22. The lowest BCUT2D eigenvalue weighted by atomic mass is 9.96. The third kappa shape index (κ3) is 7.21. The normalized spacial score (nSPS) is 12.1. The number of ether oxygens (including phenoxy) is 2. The summed E-state index contributed by atoms with van der Waals surface area (Å²) in [5.41, 5.74) is 0.953. The summed E-state index contributed by atoms with van der Waals surface area (Å²) in [6.07, 6.45) is 8.57. The lowest BCUT2D eigenvalue weighted by molar-refractivity contribution is 0.232. The maximum Gasteiger partial charge on any atom is 0.320 e. The van der Waals surface area contributed by atoms with Crippen LogP contribution in [0.5, 0.6) is 23.3 Å². The van der Waals surface area contributed by atoms with Gasteiger partial charge in [0.15, 0.2) is 11.6 Å². The topological polar surface area (TPSA) is 97.6 Å². The Kier molecular flexibility index (Phi) is 10.5. The summed E-state index contributed by atoms with van der Waals surface area (Å²) < 4.78 is 12.1. The molecule has 1 atom stereocenters. The first-order chi connectivity index (χ1) is 21.5. The van der Waals surface area contributed by atoms with E-state index in [-0.39, 0.29) is 28.9 Å². The zero-order chi connectivity index (χ0) is 30.9. The van der Waals surface area contributed by atoms with Gasteiger partial charge in [0.25, 0.3) is 0 Å². The van der Waals surface area contributed by atoms with Crippen LogP contribution in [-0.4, -0.2) is 38.4 Å². The second kappa shape index (κ2) is 14.9. The lowest BCUT2D eigenvalue weighted by Crippen LogP contribution is -2.11. The second-order valence-corrected chi connectivity index (χ2v) is 11.4. The Morgan fingerprint density at radius 2 is 1.27 bits per heavy atom. The van der Waals surface area contributed by atoms with E-state index in [1.54, 1.807) is 0 Å². The molecule has 0 radical (unpaired) electrons. The Bertz CT molecular complexity index is 1630. The molecule has 0 saturated carbocycles. The van der Waals surface area contributed by atoms with Gasteiger partial charge >= 0.3 is 6.01 Å². The summed E-state index contributed by atoms with van der Waals surface area (Å²) in [5, 5.41) is 26.4. The predicted molar refractivity (Wildman–Crippen MR) is 177 cm³/mol. The third-order valence-electron chi connectivity index (χ3n) is 8.16. The summed E-state index contributed by atoms with van der Waals surface area (Å²) in [6.45, 7) is 7.49. The van der Waals surface area contributed by atoms with E-state index in [2.05, 4.69) is 56.1 Å². The van der Waals surface area contributed by atoms with Crippen LogP contribution in [0, 0.1) is 5.92 Å². The van der Waals surface area contributed by atoms with Crippen molar-refractivity contribution >= 4 is 21.5 Å². The molecule has 1 unspecified atom stereocenters. The first kappa shape index (κ1) is 31.0. The van der Waals surface area contributed by atoms with E-state index in [1.807, 2.05) is 24.3 Å². The zero-order valence-electron chi connectivity index (χ0n) is 26.1. The summed E-state index contributed by atoms with van der Waals surface area (Å²) in [5.74, 6) is 1.02. The Morgan fingerprint density at radius 3 is 1.89 bits per heavy atom. The van der Waals surface area contributed by atoms with Crippen LogP contribution in [0.3, 0.4) is 0 Å². The van der Waals surface area contributed by atoms with Gasteiger partial charge in [0.2, 0.25) is 0 Å². The van der Waals surface area contributed by atoms with E-state index in [1.165, 1.54) is 12.1 Å². The summed E-state index contributed by atoms with van der Waals surface area (Å²) in [7, 11) is 0. The van der Waals surface area contributed by atoms with Crippen LogP contribution >= 0.6 is 0 Å². The molecular weight excluding hydrogens is 550 g/mol. The van der Waals surface area contributed by atoms with Crippen molar-refractivity contribution in [1.29, 1.82) is 0 Å². The maximum absolute atomic E-state index is 11.2. The van der Waals surface area contributed by atoms with Crippen LogP contribution in [0.25, 0.3) is 44.3 Å². The highest BCUT2D eigenvalue weighted by Crippen LogP contribution is 2.41. The van der Waals surface area contributed by atoms with Crippen LogP contribution in [0.15, 0.2) is 66.7 Å². The average molecular weight is 594 g/mol. The van der Waals surface area contributed by atoms with Crippen molar-refractivity contribution in [2.45, 2.75) is 72.1 Å². The first-order valence-electron chi connectivity index (χ1n) is 16.0. The summed E-state index contributed by atoms with van der Waals surface area (Å²) >= 11 is 0. The van der Waals surface area contributed by atoms with Crippen LogP contribution in [0.1, 0.15) is 72.1 Å². The first-order valence-corrected chi connectivity index (χ1v) is 16.0. The molecule has 7 nitrogen and oxygen atoms in total. The lowest BCUT2D eigenvalue weighted by Gasteiger charge is -2.17. The van der Waals surface area contributed by atoms with Crippen LogP contribution in [-0.2, 0) is 0 Å². The Labute approximate surface area is 259 Å². The van der Waals surface area contributed by atoms with E-state index in [0.29, 0.717) is 30.7 Å². The molecule has 1 heterocycles. The van der Waals surface area contributed by atoms with E-state index in [0.717, 1.165) is 78.5 Å². The highest BCUT2D eigenvalue weighted by atomic mass is 16.5. The molecule has 0 aliphatic rings.